The molecule has 0 bridgehead atoms. The molecule has 1 aliphatic carbocycles. The van der Waals surface area contributed by atoms with Crippen LogP contribution >= 0.6 is 0 Å². The second-order valence-corrected chi connectivity index (χ2v) is 5.95. The van der Waals surface area contributed by atoms with Crippen LogP contribution in [-0.2, 0) is 9.63 Å². The summed E-state index contributed by atoms with van der Waals surface area (Å²) in [5.74, 6) is -1.05. The lowest BCUT2D eigenvalue weighted by molar-refractivity contribution is -0.720. The lowest BCUT2D eigenvalue weighted by Gasteiger charge is -2.27. The van der Waals surface area contributed by atoms with Gasteiger partial charge in [-0.05, 0) is 46.5 Å². The number of nitrogens with zero attached hydrogens (tertiary/aromatic N) is 3. The molecule has 0 heterocycles. The second kappa shape index (κ2) is 6.08. The van der Waals surface area contributed by atoms with Crippen LogP contribution < -0.4 is 0 Å². The number of carbonyl (C=O) groups is 1. The van der Waals surface area contributed by atoms with E-state index in [9.17, 15) is 10.0 Å². The van der Waals surface area contributed by atoms with Crippen molar-refractivity contribution in [2.24, 2.45) is 11.2 Å². The fraction of sp³-hybridized carbons (Fsp3) is 0.917. The Balaban J connectivity index is 2.43. The summed E-state index contributed by atoms with van der Waals surface area (Å²) >= 11 is 0. The lowest BCUT2D eigenvalue weighted by Crippen LogP contribution is -2.42. The number of rotatable bonds is 4. The van der Waals surface area contributed by atoms with Gasteiger partial charge in [0.1, 0.15) is 6.10 Å². The molecule has 0 atom stereocenters. The number of carboxylic acid groups (broad SMARTS) is 1. The molecule has 0 aliphatic heterocycles. The van der Waals surface area contributed by atoms with E-state index in [2.05, 4.69) is 5.28 Å². The molecule has 110 valence electrons. The molecule has 0 aromatic rings. The minimum atomic E-state index is -0.756. The van der Waals surface area contributed by atoms with Crippen molar-refractivity contribution >= 4 is 5.97 Å². The Bertz CT molecular complexity index is 343. The van der Waals surface area contributed by atoms with Crippen molar-refractivity contribution in [1.82, 2.24) is 5.01 Å². The smallest absolute Gasteiger partial charge is 0.306 e. The van der Waals surface area contributed by atoms with E-state index < -0.39 is 5.97 Å². The van der Waals surface area contributed by atoms with E-state index in [0.29, 0.717) is 30.7 Å². The molecular formula is C12H23N3O4. The summed E-state index contributed by atoms with van der Waals surface area (Å²) in [5.41, 5.74) is -0.338. The van der Waals surface area contributed by atoms with Crippen molar-refractivity contribution in [2.75, 3.05) is 7.05 Å². The first-order chi connectivity index (χ1) is 8.71. The highest BCUT2D eigenvalue weighted by atomic mass is 16.7. The van der Waals surface area contributed by atoms with Crippen molar-refractivity contribution in [3.8, 4) is 0 Å². The fourth-order valence-corrected chi connectivity index (χ4v) is 1.83. The first kappa shape index (κ1) is 15.5. The maximum Gasteiger partial charge on any atom is 0.306 e. The van der Waals surface area contributed by atoms with E-state index in [4.69, 9.17) is 9.94 Å². The Morgan fingerprint density at radius 3 is 2.32 bits per heavy atom. The molecule has 1 N–H and O–H groups in total. The van der Waals surface area contributed by atoms with Crippen molar-refractivity contribution < 1.29 is 19.7 Å². The standard InChI is InChI=1S/C12H23N3O4/c1-12(2,3)14(4)15(18)13-19-10-7-5-9(6-8-10)11(16)17/h9-10H,5-8H2,1-4H3,(H,16,17)/b15-13-. The lowest BCUT2D eigenvalue weighted by atomic mass is 9.88. The summed E-state index contributed by atoms with van der Waals surface area (Å²) in [5, 5.41) is 25.5. The Kier molecular flexibility index (Phi) is 4.97. The number of aliphatic carboxylic acids is 1. The summed E-state index contributed by atoms with van der Waals surface area (Å²) in [6.07, 6.45) is 2.22. The van der Waals surface area contributed by atoms with Crippen LogP contribution in [0.1, 0.15) is 46.5 Å². The van der Waals surface area contributed by atoms with Crippen LogP contribution in [0.4, 0.5) is 0 Å². The van der Waals surface area contributed by atoms with Crippen LogP contribution in [0.5, 0.6) is 0 Å². The maximum absolute atomic E-state index is 11.7. The predicted molar refractivity (Wildman–Crippen MR) is 68.0 cm³/mol. The topological polar surface area (TPSA) is 88.2 Å². The number of carboxylic acids is 1. The molecule has 7 nitrogen and oxygen atoms in total. The summed E-state index contributed by atoms with van der Waals surface area (Å²) in [7, 11) is 1.64. The Morgan fingerprint density at radius 1 is 1.37 bits per heavy atom. The minimum Gasteiger partial charge on any atom is -0.569 e. The SMILES string of the molecule is CN(/[N+]([O-])=N/OC1CCC(C(=O)O)CC1)C(C)(C)C. The Labute approximate surface area is 113 Å². The summed E-state index contributed by atoms with van der Waals surface area (Å²) < 4.78 is 0. The molecule has 0 aromatic carbocycles. The average Bonchev–Trinajstić information content (AvgIpc) is 2.34. The zero-order chi connectivity index (χ0) is 14.6. The van der Waals surface area contributed by atoms with Crippen molar-refractivity contribution in [3.63, 3.8) is 0 Å². The third-order valence-corrected chi connectivity index (χ3v) is 3.52. The molecule has 19 heavy (non-hydrogen) atoms. The normalized spacial score (nSPS) is 24.9. The van der Waals surface area contributed by atoms with Gasteiger partial charge in [0, 0.05) is 0 Å². The van der Waals surface area contributed by atoms with E-state index in [1.54, 1.807) is 7.05 Å². The van der Waals surface area contributed by atoms with Gasteiger partial charge in [-0.2, -0.15) is 0 Å². The minimum absolute atomic E-state index is 0.166. The van der Waals surface area contributed by atoms with Gasteiger partial charge in [-0.15, -0.1) is 5.01 Å². The molecule has 7 heteroatoms. The molecule has 0 radical (unpaired) electrons. The number of hydrogen-bond acceptors (Lipinski definition) is 4. The fourth-order valence-electron chi connectivity index (χ4n) is 1.83. The van der Waals surface area contributed by atoms with E-state index in [0.717, 1.165) is 0 Å². The molecule has 1 saturated carbocycles. The molecule has 1 aliphatic rings. The second-order valence-electron chi connectivity index (χ2n) is 5.95. The molecule has 1 fully saturated rings. The van der Waals surface area contributed by atoms with Crippen LogP contribution in [-0.4, -0.2) is 39.7 Å². The van der Waals surface area contributed by atoms with Crippen molar-refractivity contribution in [1.29, 1.82) is 0 Å². The highest BCUT2D eigenvalue weighted by molar-refractivity contribution is 5.69. The summed E-state index contributed by atoms with van der Waals surface area (Å²) in [4.78, 5) is 16.4. The van der Waals surface area contributed by atoms with Crippen LogP contribution in [0, 0.1) is 11.1 Å². The molecule has 0 spiro atoms. The van der Waals surface area contributed by atoms with Gasteiger partial charge in [-0.1, -0.05) is 0 Å². The maximum atomic E-state index is 11.7. The third kappa shape index (κ3) is 4.57. The molecule has 0 amide bonds. The van der Waals surface area contributed by atoms with Crippen LogP contribution in [0.2, 0.25) is 0 Å². The first-order valence-corrected chi connectivity index (χ1v) is 6.52. The highest BCUT2D eigenvalue weighted by Crippen LogP contribution is 2.26. The molecule has 1 rings (SSSR count). The van der Waals surface area contributed by atoms with Gasteiger partial charge in [0.25, 0.3) is 0 Å². The Morgan fingerprint density at radius 2 is 1.89 bits per heavy atom. The highest BCUT2D eigenvalue weighted by Gasteiger charge is 2.28. The van der Waals surface area contributed by atoms with Gasteiger partial charge in [0.15, 0.2) is 0 Å². The van der Waals surface area contributed by atoms with Gasteiger partial charge in [-0.25, -0.2) is 0 Å². The zero-order valence-electron chi connectivity index (χ0n) is 12.0. The number of hydrazine groups is 1. The predicted octanol–water partition coefficient (Wildman–Crippen LogP) is 2.17. The van der Waals surface area contributed by atoms with E-state index in [1.807, 2.05) is 20.8 Å². The monoisotopic (exact) mass is 273 g/mol. The van der Waals surface area contributed by atoms with E-state index >= 15 is 0 Å². The van der Waals surface area contributed by atoms with Crippen molar-refractivity contribution in [2.45, 2.75) is 58.1 Å². The average molecular weight is 273 g/mol. The molecular weight excluding hydrogens is 250 g/mol. The van der Waals surface area contributed by atoms with Gasteiger partial charge < -0.3 is 15.2 Å². The zero-order valence-corrected chi connectivity index (χ0v) is 12.0. The Hall–Kier alpha value is -1.53. The van der Waals surface area contributed by atoms with E-state index in [1.165, 1.54) is 5.01 Å². The van der Waals surface area contributed by atoms with Crippen molar-refractivity contribution in [3.05, 3.63) is 5.21 Å². The van der Waals surface area contributed by atoms with Gasteiger partial charge in [0.05, 0.1) is 23.5 Å². The van der Waals surface area contributed by atoms with Crippen LogP contribution in [0.3, 0.4) is 0 Å². The summed E-state index contributed by atoms with van der Waals surface area (Å²) in [6, 6.07) is 0. The number of hydrogen-bond donors (Lipinski definition) is 1. The molecule has 0 unspecified atom stereocenters. The van der Waals surface area contributed by atoms with Gasteiger partial charge in [-0.3, -0.25) is 4.79 Å². The first-order valence-electron chi connectivity index (χ1n) is 6.52. The quantitative estimate of drug-likeness (QED) is 0.482. The third-order valence-electron chi connectivity index (χ3n) is 3.52. The largest absolute Gasteiger partial charge is 0.569 e. The summed E-state index contributed by atoms with van der Waals surface area (Å²) in [6.45, 7) is 5.68. The van der Waals surface area contributed by atoms with Gasteiger partial charge >= 0.3 is 5.97 Å². The van der Waals surface area contributed by atoms with Crippen LogP contribution in [0.15, 0.2) is 5.28 Å². The molecule has 0 aromatic heterocycles. The van der Waals surface area contributed by atoms with Gasteiger partial charge in [0.2, 0.25) is 5.28 Å². The molecule has 0 saturated heterocycles. The van der Waals surface area contributed by atoms with Crippen LogP contribution in [0.25, 0.3) is 0 Å². The van der Waals surface area contributed by atoms with E-state index in [-0.39, 0.29) is 17.6 Å².